The third kappa shape index (κ3) is 8.04. The van der Waals surface area contributed by atoms with Crippen molar-refractivity contribution < 1.29 is 25.1 Å². The van der Waals surface area contributed by atoms with Crippen LogP contribution in [0.4, 0.5) is 0 Å². The van der Waals surface area contributed by atoms with Gasteiger partial charge in [-0.25, -0.2) is 0 Å². The number of fused-ring (bicyclic) bond motifs is 3. The summed E-state index contributed by atoms with van der Waals surface area (Å²) in [6.45, 7) is 15.2. The molecule has 0 bridgehead atoms. The van der Waals surface area contributed by atoms with Crippen LogP contribution in [0.3, 0.4) is 0 Å². The first-order valence-electron chi connectivity index (χ1n) is 10.7. The van der Waals surface area contributed by atoms with E-state index >= 15 is 0 Å². The predicted octanol–water partition coefficient (Wildman–Crippen LogP) is 8.77. The van der Waals surface area contributed by atoms with Crippen LogP contribution in [-0.2, 0) is 30.8 Å². The van der Waals surface area contributed by atoms with Gasteiger partial charge in [0.15, 0.2) is 0 Å². The number of benzene rings is 3. The molecule has 2 aromatic carbocycles. The van der Waals surface area contributed by atoms with Crippen molar-refractivity contribution >= 4 is 40.4 Å². The van der Waals surface area contributed by atoms with Gasteiger partial charge in [-0.3, -0.25) is 0 Å². The molecular formula is C29H37Cl2OTi. The van der Waals surface area contributed by atoms with E-state index in [4.69, 9.17) is 0 Å². The van der Waals surface area contributed by atoms with E-state index in [9.17, 15) is 5.11 Å². The SMILES string of the molecule is CC(C)(C)[c-]1cccc2c3ccccc3cc1-2.Cc1cc(O)cc(C(C)(C)C)c1.Cl.Cl.[CH2]=[Ti+]. The Labute approximate surface area is 224 Å². The quantitative estimate of drug-likeness (QED) is 0.182. The van der Waals surface area contributed by atoms with Crippen molar-refractivity contribution in [1.29, 1.82) is 0 Å². The molecule has 0 saturated heterocycles. The number of aromatic hydroxyl groups is 1. The minimum absolute atomic E-state index is 0. The van der Waals surface area contributed by atoms with Gasteiger partial charge in [0.2, 0.25) is 0 Å². The van der Waals surface area contributed by atoms with E-state index < -0.39 is 0 Å². The molecule has 0 aromatic heterocycles. The Hall–Kier alpha value is -1.51. The van der Waals surface area contributed by atoms with E-state index in [0.717, 1.165) is 5.56 Å². The molecule has 0 aliphatic heterocycles. The molecular weight excluding hydrogens is 483 g/mol. The summed E-state index contributed by atoms with van der Waals surface area (Å²) in [5.74, 6) is 0.361. The molecule has 0 radical (unpaired) electrons. The standard InChI is InChI=1S/C17H17.C11H16O.CH2.2ClH.Ti/c1-17(2,3)16-10-6-9-14-13-8-5-4-7-12(13)11-15(14)16;1-8-5-9(11(2,3)4)7-10(12)6-8;;;;/h4-11H,1-3H3;5-7,12H,1-4H3;1H2;2*1H;/q-1;;;;;+1. The van der Waals surface area contributed by atoms with E-state index in [1.807, 2.05) is 13.0 Å². The molecule has 4 heteroatoms. The second-order valence-electron chi connectivity index (χ2n) is 10.1. The molecule has 0 amide bonds. The second kappa shape index (κ2) is 12.8. The van der Waals surface area contributed by atoms with Crippen molar-refractivity contribution in [1.82, 2.24) is 0 Å². The summed E-state index contributed by atoms with van der Waals surface area (Å²) in [6, 6.07) is 23.3. The first-order valence-corrected chi connectivity index (χ1v) is 11.8. The van der Waals surface area contributed by atoms with Crippen molar-refractivity contribution in [3.63, 3.8) is 0 Å². The van der Waals surface area contributed by atoms with Gasteiger partial charge in [-0.15, -0.1) is 65.8 Å². The van der Waals surface area contributed by atoms with E-state index in [1.54, 1.807) is 26.0 Å². The summed E-state index contributed by atoms with van der Waals surface area (Å²) in [5, 5.41) is 12.1. The summed E-state index contributed by atoms with van der Waals surface area (Å²) in [4.78, 5) is 3.25. The molecule has 2 aliphatic rings. The molecule has 0 unspecified atom stereocenters. The zero-order chi connectivity index (χ0) is 23.4. The van der Waals surface area contributed by atoms with Crippen molar-refractivity contribution in [3.05, 3.63) is 83.4 Å². The summed E-state index contributed by atoms with van der Waals surface area (Å²) < 4.78 is 0. The molecule has 177 valence electrons. The molecule has 0 fully saturated rings. The molecule has 1 nitrogen and oxygen atoms in total. The molecule has 0 atom stereocenters. The van der Waals surface area contributed by atoms with Crippen molar-refractivity contribution in [3.8, 4) is 16.9 Å². The summed E-state index contributed by atoms with van der Waals surface area (Å²) in [6.07, 6.45) is 0. The Bertz CT molecular complexity index is 1100. The first-order chi connectivity index (χ1) is 14.5. The molecule has 2 aliphatic carbocycles. The number of hydrogen-bond donors (Lipinski definition) is 1. The Morgan fingerprint density at radius 2 is 1.42 bits per heavy atom. The van der Waals surface area contributed by atoms with Gasteiger partial charge in [0.1, 0.15) is 5.75 Å². The summed E-state index contributed by atoms with van der Waals surface area (Å²) in [5.41, 5.74) is 6.83. The molecule has 2 aromatic rings. The first kappa shape index (κ1) is 31.5. The van der Waals surface area contributed by atoms with Crippen molar-refractivity contribution in [2.24, 2.45) is 0 Å². The van der Waals surface area contributed by atoms with E-state index in [-0.39, 0.29) is 35.6 Å². The molecule has 4 rings (SSSR count). The maximum absolute atomic E-state index is 9.36. The van der Waals surface area contributed by atoms with Gasteiger partial charge < -0.3 is 5.11 Å². The van der Waals surface area contributed by atoms with Crippen molar-refractivity contribution in [2.45, 2.75) is 59.3 Å². The van der Waals surface area contributed by atoms with Crippen molar-refractivity contribution in [2.75, 3.05) is 0 Å². The van der Waals surface area contributed by atoms with Gasteiger partial charge in [0.05, 0.1) is 0 Å². The third-order valence-corrected chi connectivity index (χ3v) is 5.39. The van der Waals surface area contributed by atoms with E-state index in [0.29, 0.717) is 5.75 Å². The molecule has 0 saturated carbocycles. The monoisotopic (exact) mass is 519 g/mol. The summed E-state index contributed by atoms with van der Waals surface area (Å²) >= 11 is 1.75. The molecule has 33 heavy (non-hydrogen) atoms. The Kier molecular flexibility index (Phi) is 12.2. The number of hydrogen-bond acceptors (Lipinski definition) is 1. The van der Waals surface area contributed by atoms with Crippen LogP contribution in [-0.4, -0.2) is 9.92 Å². The Morgan fingerprint density at radius 1 is 0.818 bits per heavy atom. The van der Waals surface area contributed by atoms with E-state index in [1.165, 1.54) is 33.0 Å². The fraction of sp³-hybridized carbons (Fsp3) is 0.310. The Morgan fingerprint density at radius 3 is 1.97 bits per heavy atom. The average molecular weight is 520 g/mol. The number of rotatable bonds is 0. The minimum atomic E-state index is 0. The number of phenolic OH excluding ortho intramolecular Hbond substituents is 1. The van der Waals surface area contributed by atoms with Crippen LogP contribution in [0.1, 0.15) is 58.2 Å². The zero-order valence-electron chi connectivity index (χ0n) is 20.8. The van der Waals surface area contributed by atoms with Gasteiger partial charge in [-0.05, 0) is 41.0 Å². The topological polar surface area (TPSA) is 20.2 Å². The van der Waals surface area contributed by atoms with Crippen LogP contribution in [0.2, 0.25) is 0 Å². The predicted molar refractivity (Wildman–Crippen MR) is 148 cm³/mol. The van der Waals surface area contributed by atoms with Crippen LogP contribution in [0, 0.1) is 6.92 Å². The normalized spacial score (nSPS) is 10.8. The van der Waals surface area contributed by atoms with Gasteiger partial charge in [0.25, 0.3) is 0 Å². The Balaban J connectivity index is 0.000000573. The van der Waals surface area contributed by atoms with E-state index in [2.05, 4.69) is 101 Å². The molecule has 1 N–H and O–H groups in total. The third-order valence-electron chi connectivity index (χ3n) is 5.39. The van der Waals surface area contributed by atoms with Gasteiger partial charge in [-0.1, -0.05) is 82.6 Å². The maximum atomic E-state index is 9.36. The number of aryl methyl sites for hydroxylation is 1. The number of phenols is 1. The molecule has 0 spiro atoms. The molecule has 0 heterocycles. The van der Waals surface area contributed by atoms with Crippen LogP contribution in [0.25, 0.3) is 21.9 Å². The fourth-order valence-electron chi connectivity index (χ4n) is 3.83. The van der Waals surface area contributed by atoms with Crippen LogP contribution < -0.4 is 0 Å². The fourth-order valence-corrected chi connectivity index (χ4v) is 3.83. The van der Waals surface area contributed by atoms with Gasteiger partial charge in [0, 0.05) is 0 Å². The van der Waals surface area contributed by atoms with Crippen LogP contribution in [0.5, 0.6) is 5.75 Å². The van der Waals surface area contributed by atoms with Crippen LogP contribution >= 0.6 is 24.8 Å². The number of halogens is 2. The summed E-state index contributed by atoms with van der Waals surface area (Å²) in [7, 11) is 0. The zero-order valence-corrected chi connectivity index (χ0v) is 24.0. The second-order valence-corrected chi connectivity index (χ2v) is 10.1. The van der Waals surface area contributed by atoms with Crippen LogP contribution in [0.15, 0.2) is 66.7 Å². The van der Waals surface area contributed by atoms with Gasteiger partial charge in [-0.2, -0.15) is 0 Å². The van der Waals surface area contributed by atoms with Gasteiger partial charge >= 0.3 is 24.8 Å². The average Bonchev–Trinajstić information content (AvgIpc) is 3.06.